The molecule has 0 spiro atoms. The molecule has 0 bridgehead atoms. The van der Waals surface area contributed by atoms with Crippen LogP contribution in [0.5, 0.6) is 0 Å². The average molecular weight is 384 g/mol. The molecule has 3 aromatic rings. The van der Waals surface area contributed by atoms with Crippen molar-refractivity contribution >= 4 is 33.5 Å². The van der Waals surface area contributed by atoms with Gasteiger partial charge in [0.1, 0.15) is 0 Å². The fourth-order valence-corrected chi connectivity index (χ4v) is 2.21. The van der Waals surface area contributed by atoms with E-state index in [1.54, 1.807) is 6.20 Å². The first kappa shape index (κ1) is 16.1. The van der Waals surface area contributed by atoms with Gasteiger partial charge >= 0.3 is 0 Å². The number of amides is 1. The molecule has 24 heavy (non-hydrogen) atoms. The molecule has 0 fully saturated rings. The van der Waals surface area contributed by atoms with Crippen LogP contribution in [0, 0.1) is 0 Å². The van der Waals surface area contributed by atoms with Crippen molar-refractivity contribution < 1.29 is 4.79 Å². The average Bonchev–Trinajstić information content (AvgIpc) is 2.63. The van der Waals surface area contributed by atoms with Gasteiger partial charge < -0.3 is 10.6 Å². The Bertz CT molecular complexity index is 807. The monoisotopic (exact) mass is 383 g/mol. The molecular formula is C17H14BrN5O. The van der Waals surface area contributed by atoms with E-state index >= 15 is 0 Å². The van der Waals surface area contributed by atoms with Gasteiger partial charge in [-0.3, -0.25) is 9.78 Å². The molecule has 6 nitrogen and oxygen atoms in total. The number of benzene rings is 1. The van der Waals surface area contributed by atoms with Crippen molar-refractivity contribution in [2.75, 3.05) is 5.32 Å². The van der Waals surface area contributed by atoms with Crippen LogP contribution in [0.3, 0.4) is 0 Å². The molecule has 0 saturated heterocycles. The molecule has 1 aromatic carbocycles. The Morgan fingerprint density at radius 1 is 1.00 bits per heavy atom. The summed E-state index contributed by atoms with van der Waals surface area (Å²) in [5.41, 5.74) is 2.05. The molecule has 0 atom stereocenters. The molecule has 0 saturated carbocycles. The molecule has 0 radical (unpaired) electrons. The van der Waals surface area contributed by atoms with E-state index < -0.39 is 0 Å². The zero-order valence-corrected chi connectivity index (χ0v) is 14.2. The maximum atomic E-state index is 12.1. The number of hydrogen-bond acceptors (Lipinski definition) is 5. The zero-order valence-electron chi connectivity index (χ0n) is 12.6. The minimum absolute atomic E-state index is 0.240. The van der Waals surface area contributed by atoms with Gasteiger partial charge in [-0.2, -0.15) is 0 Å². The first-order valence-electron chi connectivity index (χ1n) is 7.23. The lowest BCUT2D eigenvalue weighted by molar-refractivity contribution is 0.0949. The van der Waals surface area contributed by atoms with Crippen molar-refractivity contribution in [3.05, 3.63) is 76.8 Å². The van der Waals surface area contributed by atoms with Crippen molar-refractivity contribution in [3.63, 3.8) is 0 Å². The molecule has 7 heteroatoms. The van der Waals surface area contributed by atoms with Gasteiger partial charge in [0, 0.05) is 28.8 Å². The van der Waals surface area contributed by atoms with E-state index in [0.717, 1.165) is 15.9 Å². The number of pyridine rings is 1. The lowest BCUT2D eigenvalue weighted by Gasteiger charge is -2.06. The van der Waals surface area contributed by atoms with Crippen LogP contribution in [0.25, 0.3) is 0 Å². The highest BCUT2D eigenvalue weighted by atomic mass is 79.9. The molecule has 3 rings (SSSR count). The maximum absolute atomic E-state index is 12.1. The number of carbonyl (C=O) groups excluding carboxylic acids is 1. The minimum atomic E-state index is -0.240. The lowest BCUT2D eigenvalue weighted by Crippen LogP contribution is -2.23. The quantitative estimate of drug-likeness (QED) is 0.706. The van der Waals surface area contributed by atoms with Gasteiger partial charge in [0.15, 0.2) is 0 Å². The summed E-state index contributed by atoms with van der Waals surface area (Å²) >= 11 is 3.38. The Morgan fingerprint density at radius 2 is 1.75 bits per heavy atom. The molecule has 0 aliphatic carbocycles. The second kappa shape index (κ2) is 7.65. The summed E-state index contributed by atoms with van der Waals surface area (Å²) in [5.74, 6) is 0.189. The van der Waals surface area contributed by atoms with Crippen molar-refractivity contribution in [1.29, 1.82) is 0 Å². The van der Waals surface area contributed by atoms with Crippen molar-refractivity contribution in [1.82, 2.24) is 20.3 Å². The fourth-order valence-electron chi connectivity index (χ4n) is 1.95. The van der Waals surface area contributed by atoms with Gasteiger partial charge in [0.25, 0.3) is 5.91 Å². The van der Waals surface area contributed by atoms with Crippen molar-refractivity contribution in [3.8, 4) is 0 Å². The van der Waals surface area contributed by atoms with E-state index in [1.807, 2.05) is 42.5 Å². The first-order chi connectivity index (χ1) is 11.7. The van der Waals surface area contributed by atoms with Crippen LogP contribution in [-0.2, 0) is 6.54 Å². The first-order valence-corrected chi connectivity index (χ1v) is 8.03. The van der Waals surface area contributed by atoms with Gasteiger partial charge in [-0.1, -0.05) is 22.0 Å². The summed E-state index contributed by atoms with van der Waals surface area (Å²) in [6, 6.07) is 13.2. The largest absolute Gasteiger partial charge is 0.346 e. The SMILES string of the molecule is O=C(NCc1ccccn1)c1cnc(Nc2ccc(Br)cc2)nc1. The van der Waals surface area contributed by atoms with Crippen LogP contribution in [0.15, 0.2) is 65.5 Å². The van der Waals surface area contributed by atoms with Gasteiger partial charge in [-0.05, 0) is 36.4 Å². The third kappa shape index (κ3) is 4.36. The molecule has 2 heterocycles. The summed E-state index contributed by atoms with van der Waals surface area (Å²) < 4.78 is 0.994. The highest BCUT2D eigenvalue weighted by Gasteiger charge is 2.07. The van der Waals surface area contributed by atoms with Crippen LogP contribution < -0.4 is 10.6 Å². The molecular weight excluding hydrogens is 370 g/mol. The van der Waals surface area contributed by atoms with Gasteiger partial charge in [-0.15, -0.1) is 0 Å². The smallest absolute Gasteiger partial charge is 0.254 e. The topological polar surface area (TPSA) is 79.8 Å². The number of carbonyl (C=O) groups is 1. The number of halogens is 1. The van der Waals surface area contributed by atoms with Gasteiger partial charge in [-0.25, -0.2) is 9.97 Å². The summed E-state index contributed by atoms with van der Waals surface area (Å²) in [4.78, 5) is 24.6. The number of aromatic nitrogens is 3. The highest BCUT2D eigenvalue weighted by molar-refractivity contribution is 9.10. The second-order valence-electron chi connectivity index (χ2n) is 4.93. The Hall–Kier alpha value is -2.80. The standard InChI is InChI=1S/C17H14BrN5O/c18-13-4-6-14(7-5-13)23-17-21-9-12(10-22-17)16(24)20-11-15-3-1-2-8-19-15/h1-10H,11H2,(H,20,24)(H,21,22,23). The number of hydrogen-bond donors (Lipinski definition) is 2. The van der Waals surface area contributed by atoms with Crippen molar-refractivity contribution in [2.24, 2.45) is 0 Å². The highest BCUT2D eigenvalue weighted by Crippen LogP contribution is 2.16. The molecule has 0 unspecified atom stereocenters. The molecule has 2 N–H and O–H groups in total. The Kier molecular flexibility index (Phi) is 5.12. The van der Waals surface area contributed by atoms with Crippen molar-refractivity contribution in [2.45, 2.75) is 6.54 Å². The normalized spacial score (nSPS) is 10.2. The second-order valence-corrected chi connectivity index (χ2v) is 5.85. The third-order valence-electron chi connectivity index (χ3n) is 3.17. The predicted octanol–water partition coefficient (Wildman–Crippen LogP) is 3.31. The van der Waals surface area contributed by atoms with Crippen LogP contribution in [0.2, 0.25) is 0 Å². The molecule has 0 aliphatic rings. The number of nitrogens with zero attached hydrogens (tertiary/aromatic N) is 3. The van der Waals surface area contributed by atoms with E-state index in [9.17, 15) is 4.79 Å². The van der Waals surface area contributed by atoms with Crippen LogP contribution in [0.4, 0.5) is 11.6 Å². The summed E-state index contributed by atoms with van der Waals surface area (Å²) in [6.45, 7) is 0.360. The summed E-state index contributed by atoms with van der Waals surface area (Å²) in [6.07, 6.45) is 4.66. The number of anilines is 2. The number of nitrogens with one attached hydrogen (secondary N) is 2. The van der Waals surface area contributed by atoms with E-state index in [2.05, 4.69) is 41.5 Å². The minimum Gasteiger partial charge on any atom is -0.346 e. The Labute approximate surface area is 147 Å². The van der Waals surface area contributed by atoms with Crippen LogP contribution in [-0.4, -0.2) is 20.9 Å². The molecule has 120 valence electrons. The predicted molar refractivity (Wildman–Crippen MR) is 94.9 cm³/mol. The molecule has 1 amide bonds. The van der Waals surface area contributed by atoms with E-state index in [1.165, 1.54) is 12.4 Å². The molecule has 0 aliphatic heterocycles. The van der Waals surface area contributed by atoms with Crippen LogP contribution >= 0.6 is 15.9 Å². The third-order valence-corrected chi connectivity index (χ3v) is 3.70. The van der Waals surface area contributed by atoms with E-state index in [4.69, 9.17) is 0 Å². The fraction of sp³-hybridized carbons (Fsp3) is 0.0588. The van der Waals surface area contributed by atoms with Crippen LogP contribution in [0.1, 0.15) is 16.1 Å². The lowest BCUT2D eigenvalue weighted by atomic mass is 10.3. The van der Waals surface area contributed by atoms with Gasteiger partial charge in [0.05, 0.1) is 17.8 Å². The molecule has 2 aromatic heterocycles. The van der Waals surface area contributed by atoms with Gasteiger partial charge in [0.2, 0.25) is 5.95 Å². The Morgan fingerprint density at radius 3 is 2.42 bits per heavy atom. The Balaban J connectivity index is 1.59. The number of rotatable bonds is 5. The van der Waals surface area contributed by atoms with E-state index in [-0.39, 0.29) is 5.91 Å². The van der Waals surface area contributed by atoms with E-state index in [0.29, 0.717) is 18.1 Å². The maximum Gasteiger partial charge on any atom is 0.254 e. The summed E-state index contributed by atoms with van der Waals surface area (Å²) in [5, 5.41) is 5.85. The zero-order chi connectivity index (χ0) is 16.8. The summed E-state index contributed by atoms with van der Waals surface area (Å²) in [7, 11) is 0.